The summed E-state index contributed by atoms with van der Waals surface area (Å²) in [5.74, 6) is -0.0232. The molecule has 0 saturated carbocycles. The Morgan fingerprint density at radius 3 is 2.47 bits per heavy atom. The smallest absolute Gasteiger partial charge is 0.338 e. The van der Waals surface area contributed by atoms with Crippen LogP contribution in [-0.4, -0.2) is 17.1 Å². The molecule has 0 aliphatic carbocycles. The van der Waals surface area contributed by atoms with E-state index in [1.54, 1.807) is 11.5 Å². The van der Waals surface area contributed by atoms with E-state index in [9.17, 15) is 9.59 Å². The third kappa shape index (κ3) is 4.52. The van der Waals surface area contributed by atoms with Crippen molar-refractivity contribution in [3.8, 4) is 0 Å². The molecule has 5 rings (SSSR count). The van der Waals surface area contributed by atoms with Crippen LogP contribution in [0.4, 0.5) is 0 Å². The van der Waals surface area contributed by atoms with E-state index in [4.69, 9.17) is 9.73 Å². The van der Waals surface area contributed by atoms with E-state index < -0.39 is 12.0 Å². The van der Waals surface area contributed by atoms with Crippen molar-refractivity contribution >= 4 is 40.4 Å². The summed E-state index contributed by atoms with van der Waals surface area (Å²) in [5.41, 5.74) is 3.76. The van der Waals surface area contributed by atoms with E-state index in [0.29, 0.717) is 26.5 Å². The SMILES string of the molecule is CCOC(=O)C1=C(c2ccccc2)N=c2sc(=Cc3ccc(C(C)C)cc3)c(=O)n2C1c1cccs1. The molecule has 7 heteroatoms. The summed E-state index contributed by atoms with van der Waals surface area (Å²) < 4.78 is 7.69. The lowest BCUT2D eigenvalue weighted by Crippen LogP contribution is -2.39. The molecule has 2 aromatic heterocycles. The second-order valence-corrected chi connectivity index (χ2v) is 10.8. The van der Waals surface area contributed by atoms with Crippen molar-refractivity contribution in [1.82, 2.24) is 4.57 Å². The van der Waals surface area contributed by atoms with Crippen molar-refractivity contribution in [2.45, 2.75) is 32.7 Å². The Labute approximate surface area is 217 Å². The molecular weight excluding hydrogens is 488 g/mol. The van der Waals surface area contributed by atoms with E-state index >= 15 is 0 Å². The van der Waals surface area contributed by atoms with Gasteiger partial charge in [0.2, 0.25) is 0 Å². The number of carbonyl (C=O) groups is 1. The van der Waals surface area contributed by atoms with Gasteiger partial charge in [0, 0.05) is 10.4 Å². The molecule has 5 nitrogen and oxygen atoms in total. The fourth-order valence-corrected chi connectivity index (χ4v) is 6.11. The van der Waals surface area contributed by atoms with Gasteiger partial charge in [-0.05, 0) is 41.5 Å². The van der Waals surface area contributed by atoms with Crippen molar-refractivity contribution in [2.75, 3.05) is 6.61 Å². The highest BCUT2D eigenvalue weighted by Crippen LogP contribution is 2.36. The van der Waals surface area contributed by atoms with Crippen molar-refractivity contribution in [1.29, 1.82) is 0 Å². The summed E-state index contributed by atoms with van der Waals surface area (Å²) in [6.45, 7) is 6.32. The topological polar surface area (TPSA) is 60.7 Å². The highest BCUT2D eigenvalue weighted by molar-refractivity contribution is 7.10. The normalized spacial score (nSPS) is 15.7. The molecule has 36 heavy (non-hydrogen) atoms. The molecule has 2 aromatic carbocycles. The van der Waals surface area contributed by atoms with Gasteiger partial charge in [-0.2, -0.15) is 0 Å². The van der Waals surface area contributed by atoms with Crippen LogP contribution in [0, 0.1) is 0 Å². The molecule has 1 aliphatic rings. The van der Waals surface area contributed by atoms with Crippen molar-refractivity contribution in [3.63, 3.8) is 0 Å². The molecule has 4 aromatic rings. The number of ether oxygens (including phenoxy) is 1. The molecule has 0 fully saturated rings. The molecule has 0 amide bonds. The van der Waals surface area contributed by atoms with E-state index in [0.717, 1.165) is 16.0 Å². The Morgan fingerprint density at radius 1 is 1.08 bits per heavy atom. The van der Waals surface area contributed by atoms with Crippen molar-refractivity contribution in [2.24, 2.45) is 4.99 Å². The fraction of sp³-hybridized carbons (Fsp3) is 0.207. The Hall–Kier alpha value is -3.55. The first-order valence-electron chi connectivity index (χ1n) is 11.9. The van der Waals surface area contributed by atoms with E-state index in [-0.39, 0.29) is 12.2 Å². The molecule has 0 saturated heterocycles. The van der Waals surface area contributed by atoms with Crippen LogP contribution in [-0.2, 0) is 9.53 Å². The average Bonchev–Trinajstić information content (AvgIpc) is 3.52. The molecule has 0 spiro atoms. The summed E-state index contributed by atoms with van der Waals surface area (Å²) in [4.78, 5) is 33.4. The summed E-state index contributed by atoms with van der Waals surface area (Å²) in [6, 6.07) is 21.1. The number of nitrogens with zero attached hydrogens (tertiary/aromatic N) is 2. The van der Waals surface area contributed by atoms with Gasteiger partial charge in [0.15, 0.2) is 4.80 Å². The first-order chi connectivity index (χ1) is 17.5. The van der Waals surface area contributed by atoms with Gasteiger partial charge in [-0.15, -0.1) is 11.3 Å². The number of hydrogen-bond acceptors (Lipinski definition) is 6. The number of fused-ring (bicyclic) bond motifs is 1. The number of thiazole rings is 1. The maximum atomic E-state index is 13.8. The number of benzene rings is 2. The second kappa shape index (κ2) is 10.2. The number of carbonyl (C=O) groups excluding carboxylic acids is 1. The minimum Gasteiger partial charge on any atom is -0.463 e. The Kier molecular flexibility index (Phi) is 6.85. The van der Waals surface area contributed by atoms with E-state index in [2.05, 4.69) is 26.0 Å². The lowest BCUT2D eigenvalue weighted by Gasteiger charge is -2.24. The van der Waals surface area contributed by atoms with Gasteiger partial charge in [0.1, 0.15) is 6.04 Å². The second-order valence-electron chi connectivity index (χ2n) is 8.77. The van der Waals surface area contributed by atoms with Crippen LogP contribution in [0.2, 0.25) is 0 Å². The minimum absolute atomic E-state index is 0.168. The predicted octanol–water partition coefficient (Wildman–Crippen LogP) is 5.12. The first-order valence-corrected chi connectivity index (χ1v) is 13.6. The third-order valence-electron chi connectivity index (χ3n) is 6.09. The zero-order valence-corrected chi connectivity index (χ0v) is 21.9. The summed E-state index contributed by atoms with van der Waals surface area (Å²) in [5, 5.41) is 1.95. The standard InChI is InChI=1S/C29H26N2O3S2/c1-4-34-28(33)24-25(21-9-6-5-7-10-21)30-29-31(26(24)22-11-8-16-35-22)27(32)23(36-29)17-19-12-14-20(15-13-19)18(2)3/h5-18,26H,4H2,1-3H3. The lowest BCUT2D eigenvalue weighted by atomic mass is 9.97. The van der Waals surface area contributed by atoms with Crippen LogP contribution in [0.25, 0.3) is 11.8 Å². The van der Waals surface area contributed by atoms with Gasteiger partial charge < -0.3 is 4.74 Å². The summed E-state index contributed by atoms with van der Waals surface area (Å²) >= 11 is 2.85. The van der Waals surface area contributed by atoms with Gasteiger partial charge in [0.05, 0.1) is 22.4 Å². The number of aromatic nitrogens is 1. The molecule has 1 aliphatic heterocycles. The number of thiophene rings is 1. The zero-order chi connectivity index (χ0) is 25.2. The molecule has 1 atom stereocenters. The van der Waals surface area contributed by atoms with Gasteiger partial charge in [0.25, 0.3) is 5.56 Å². The molecule has 3 heterocycles. The van der Waals surface area contributed by atoms with Crippen LogP contribution in [0.5, 0.6) is 0 Å². The fourth-order valence-electron chi connectivity index (χ4n) is 4.28. The Bertz CT molecular complexity index is 1590. The lowest BCUT2D eigenvalue weighted by molar-refractivity contribution is -0.138. The molecule has 0 bridgehead atoms. The van der Waals surface area contributed by atoms with Gasteiger partial charge >= 0.3 is 5.97 Å². The third-order valence-corrected chi connectivity index (χ3v) is 7.99. The van der Waals surface area contributed by atoms with Crippen LogP contribution < -0.4 is 14.9 Å². The van der Waals surface area contributed by atoms with Gasteiger partial charge in [-0.1, -0.05) is 85.8 Å². The maximum Gasteiger partial charge on any atom is 0.338 e. The van der Waals surface area contributed by atoms with Crippen LogP contribution >= 0.6 is 22.7 Å². The molecule has 1 unspecified atom stereocenters. The van der Waals surface area contributed by atoms with E-state index in [1.807, 2.05) is 66.1 Å². The van der Waals surface area contributed by atoms with Crippen LogP contribution in [0.1, 0.15) is 54.3 Å². The molecule has 0 N–H and O–H groups in total. The molecule has 182 valence electrons. The first kappa shape index (κ1) is 24.2. The number of rotatable bonds is 6. The highest BCUT2D eigenvalue weighted by atomic mass is 32.1. The van der Waals surface area contributed by atoms with E-state index in [1.165, 1.54) is 28.2 Å². The van der Waals surface area contributed by atoms with Crippen LogP contribution in [0.3, 0.4) is 0 Å². The number of esters is 1. The highest BCUT2D eigenvalue weighted by Gasteiger charge is 2.35. The van der Waals surface area contributed by atoms with Gasteiger partial charge in [-0.3, -0.25) is 9.36 Å². The minimum atomic E-state index is -0.610. The Balaban J connectivity index is 1.76. The quantitative estimate of drug-likeness (QED) is 0.336. The molecule has 0 radical (unpaired) electrons. The van der Waals surface area contributed by atoms with Crippen LogP contribution in [0.15, 0.2) is 87.5 Å². The largest absolute Gasteiger partial charge is 0.463 e. The number of hydrogen-bond donors (Lipinski definition) is 0. The summed E-state index contributed by atoms with van der Waals surface area (Å²) in [6.07, 6.45) is 1.90. The van der Waals surface area contributed by atoms with Crippen molar-refractivity contribution in [3.05, 3.63) is 119 Å². The van der Waals surface area contributed by atoms with Crippen molar-refractivity contribution < 1.29 is 9.53 Å². The van der Waals surface area contributed by atoms with Gasteiger partial charge in [-0.25, -0.2) is 9.79 Å². The Morgan fingerprint density at radius 2 is 1.83 bits per heavy atom. The average molecular weight is 515 g/mol. The maximum absolute atomic E-state index is 13.8. The predicted molar refractivity (Wildman–Crippen MR) is 146 cm³/mol. The molecular formula is C29H26N2O3S2. The monoisotopic (exact) mass is 514 g/mol. The zero-order valence-electron chi connectivity index (χ0n) is 20.3. The summed E-state index contributed by atoms with van der Waals surface area (Å²) in [7, 11) is 0.